The Labute approximate surface area is 116 Å². The van der Waals surface area contributed by atoms with Gasteiger partial charge in [0.1, 0.15) is 17.9 Å². The first-order valence-electron chi connectivity index (χ1n) is 6.24. The van der Waals surface area contributed by atoms with Crippen LogP contribution in [0.4, 0.5) is 5.69 Å². The van der Waals surface area contributed by atoms with Gasteiger partial charge in [-0.15, -0.1) is 0 Å². The van der Waals surface area contributed by atoms with Gasteiger partial charge in [0, 0.05) is 0 Å². The molecule has 0 radical (unpaired) electrons. The van der Waals surface area contributed by atoms with E-state index in [-0.39, 0.29) is 19.8 Å². The Morgan fingerprint density at radius 2 is 2.10 bits per heavy atom. The Hall–Kier alpha value is -1.96. The molecule has 0 unspecified atom stereocenters. The average Bonchev–Trinajstić information content (AvgIpc) is 2.53. The van der Waals surface area contributed by atoms with Crippen LogP contribution in [0.25, 0.3) is 0 Å². The fourth-order valence-electron chi connectivity index (χ4n) is 1.61. The SMILES string of the molecule is CC(=NNc1ccccc1)C1=NC(CO)(CO)CON1. The molecule has 7 heteroatoms. The van der Waals surface area contributed by atoms with Crippen molar-refractivity contribution in [2.45, 2.75) is 12.5 Å². The van der Waals surface area contributed by atoms with E-state index in [2.05, 4.69) is 21.0 Å². The molecule has 1 heterocycles. The molecule has 0 saturated carbocycles. The van der Waals surface area contributed by atoms with Crippen molar-refractivity contribution >= 4 is 17.2 Å². The highest BCUT2D eigenvalue weighted by molar-refractivity contribution is 6.40. The molecule has 1 aliphatic rings. The maximum Gasteiger partial charge on any atom is 0.169 e. The molecule has 2 rings (SSSR count). The number of hydrogen-bond acceptors (Lipinski definition) is 7. The number of aliphatic hydroxyl groups excluding tert-OH is 2. The molecular formula is C13H18N4O3. The molecule has 0 bridgehead atoms. The number of amidine groups is 1. The highest BCUT2D eigenvalue weighted by atomic mass is 16.6. The van der Waals surface area contributed by atoms with Crippen LogP contribution in [0.15, 0.2) is 40.4 Å². The van der Waals surface area contributed by atoms with Gasteiger partial charge in [0.2, 0.25) is 0 Å². The van der Waals surface area contributed by atoms with E-state index in [4.69, 9.17) is 4.84 Å². The Bertz CT molecular complexity index is 498. The molecule has 4 N–H and O–H groups in total. The number of anilines is 1. The van der Waals surface area contributed by atoms with Crippen LogP contribution < -0.4 is 10.9 Å². The Morgan fingerprint density at radius 3 is 2.75 bits per heavy atom. The second kappa shape index (κ2) is 6.47. The molecule has 0 atom stereocenters. The predicted octanol–water partition coefficient (Wildman–Crippen LogP) is 0.131. The molecular weight excluding hydrogens is 260 g/mol. The van der Waals surface area contributed by atoms with Crippen LogP contribution in [0.2, 0.25) is 0 Å². The topological polar surface area (TPSA) is 98.5 Å². The van der Waals surface area contributed by atoms with Gasteiger partial charge in [-0.3, -0.25) is 15.3 Å². The summed E-state index contributed by atoms with van der Waals surface area (Å²) >= 11 is 0. The average molecular weight is 278 g/mol. The standard InChI is InChI=1S/C13H18N4O3/c1-10(15-16-11-5-3-2-4-6-11)12-14-13(7-18,8-19)9-20-17-12/h2-6,16,18-19H,7-9H2,1H3,(H,14,17). The number of nitrogens with one attached hydrogen (secondary N) is 2. The molecule has 108 valence electrons. The van der Waals surface area contributed by atoms with Crippen molar-refractivity contribution in [1.29, 1.82) is 0 Å². The zero-order chi connectivity index (χ0) is 14.4. The van der Waals surface area contributed by atoms with Gasteiger partial charge in [-0.05, 0) is 19.1 Å². The Kier molecular flexibility index (Phi) is 4.67. The van der Waals surface area contributed by atoms with Crippen LogP contribution >= 0.6 is 0 Å². The summed E-state index contributed by atoms with van der Waals surface area (Å²) in [6, 6.07) is 9.48. The van der Waals surface area contributed by atoms with Gasteiger partial charge in [0.05, 0.1) is 18.9 Å². The van der Waals surface area contributed by atoms with Gasteiger partial charge in [0.15, 0.2) is 5.84 Å². The molecule has 7 nitrogen and oxygen atoms in total. The summed E-state index contributed by atoms with van der Waals surface area (Å²) in [5.41, 5.74) is 5.91. The third-order valence-electron chi connectivity index (χ3n) is 2.92. The van der Waals surface area contributed by atoms with Crippen molar-refractivity contribution in [2.75, 3.05) is 25.2 Å². The maximum absolute atomic E-state index is 9.32. The molecule has 0 amide bonds. The Morgan fingerprint density at radius 1 is 1.40 bits per heavy atom. The van der Waals surface area contributed by atoms with Crippen molar-refractivity contribution in [3.05, 3.63) is 30.3 Å². The highest BCUT2D eigenvalue weighted by Crippen LogP contribution is 2.14. The minimum absolute atomic E-state index is 0.100. The summed E-state index contributed by atoms with van der Waals surface area (Å²) in [7, 11) is 0. The number of aliphatic hydroxyl groups is 2. The fourth-order valence-corrected chi connectivity index (χ4v) is 1.61. The van der Waals surface area contributed by atoms with Crippen molar-refractivity contribution < 1.29 is 15.1 Å². The number of hydrogen-bond donors (Lipinski definition) is 4. The van der Waals surface area contributed by atoms with Gasteiger partial charge in [-0.2, -0.15) is 5.10 Å². The smallest absolute Gasteiger partial charge is 0.169 e. The van der Waals surface area contributed by atoms with Crippen LogP contribution in [0.5, 0.6) is 0 Å². The molecule has 1 aromatic rings. The normalized spacial score (nSPS) is 18.1. The van der Waals surface area contributed by atoms with E-state index in [1.165, 1.54) is 0 Å². The third-order valence-corrected chi connectivity index (χ3v) is 2.92. The summed E-state index contributed by atoms with van der Waals surface area (Å²) in [4.78, 5) is 9.42. The first-order valence-corrected chi connectivity index (χ1v) is 6.24. The summed E-state index contributed by atoms with van der Waals surface area (Å²) < 4.78 is 0. The Balaban J connectivity index is 2.11. The minimum atomic E-state index is -1.02. The highest BCUT2D eigenvalue weighted by Gasteiger charge is 2.33. The second-order valence-corrected chi connectivity index (χ2v) is 4.57. The lowest BCUT2D eigenvalue weighted by Gasteiger charge is -2.30. The van der Waals surface area contributed by atoms with E-state index in [1.54, 1.807) is 6.92 Å². The van der Waals surface area contributed by atoms with E-state index in [0.29, 0.717) is 11.5 Å². The molecule has 0 aliphatic carbocycles. The number of para-hydroxylation sites is 1. The van der Waals surface area contributed by atoms with E-state index >= 15 is 0 Å². The van der Waals surface area contributed by atoms with E-state index in [1.807, 2.05) is 30.3 Å². The molecule has 20 heavy (non-hydrogen) atoms. The largest absolute Gasteiger partial charge is 0.394 e. The van der Waals surface area contributed by atoms with E-state index in [0.717, 1.165) is 5.69 Å². The summed E-state index contributed by atoms with van der Waals surface area (Å²) in [6.07, 6.45) is 0. The van der Waals surface area contributed by atoms with Crippen LogP contribution in [-0.4, -0.2) is 47.1 Å². The van der Waals surface area contributed by atoms with Crippen molar-refractivity contribution in [3.8, 4) is 0 Å². The molecule has 0 saturated heterocycles. The van der Waals surface area contributed by atoms with Crippen LogP contribution in [0.1, 0.15) is 6.92 Å². The van der Waals surface area contributed by atoms with Gasteiger partial charge in [-0.1, -0.05) is 18.2 Å². The zero-order valence-electron chi connectivity index (χ0n) is 11.2. The minimum Gasteiger partial charge on any atom is -0.394 e. The maximum atomic E-state index is 9.32. The van der Waals surface area contributed by atoms with E-state index in [9.17, 15) is 10.2 Å². The number of rotatable bonds is 5. The number of nitrogens with zero attached hydrogens (tertiary/aromatic N) is 2. The summed E-state index contributed by atoms with van der Waals surface area (Å²) in [5, 5.41) is 22.8. The molecule has 0 aromatic heterocycles. The van der Waals surface area contributed by atoms with Crippen molar-refractivity contribution in [3.63, 3.8) is 0 Å². The number of benzene rings is 1. The number of aliphatic imine (C=N–C) groups is 1. The van der Waals surface area contributed by atoms with Gasteiger partial charge >= 0.3 is 0 Å². The third kappa shape index (κ3) is 3.32. The molecule has 1 aromatic carbocycles. The van der Waals surface area contributed by atoms with Crippen LogP contribution in [0, 0.1) is 0 Å². The first-order chi connectivity index (χ1) is 9.69. The van der Waals surface area contributed by atoms with Gasteiger partial charge in [0.25, 0.3) is 0 Å². The van der Waals surface area contributed by atoms with E-state index < -0.39 is 5.54 Å². The van der Waals surface area contributed by atoms with Crippen molar-refractivity contribution in [1.82, 2.24) is 5.48 Å². The van der Waals surface area contributed by atoms with Crippen LogP contribution in [-0.2, 0) is 4.84 Å². The number of hydrazone groups is 1. The summed E-state index contributed by atoms with van der Waals surface area (Å²) in [5.74, 6) is 0.378. The first kappa shape index (κ1) is 14.4. The lowest BCUT2D eigenvalue weighted by molar-refractivity contribution is -0.0120. The second-order valence-electron chi connectivity index (χ2n) is 4.57. The zero-order valence-corrected chi connectivity index (χ0v) is 11.2. The lowest BCUT2D eigenvalue weighted by Crippen LogP contribution is -2.50. The number of hydroxylamine groups is 1. The lowest BCUT2D eigenvalue weighted by atomic mass is 10.0. The van der Waals surface area contributed by atoms with Crippen molar-refractivity contribution in [2.24, 2.45) is 10.1 Å². The monoisotopic (exact) mass is 278 g/mol. The molecule has 0 spiro atoms. The van der Waals surface area contributed by atoms with Gasteiger partial charge < -0.3 is 10.2 Å². The molecule has 0 fully saturated rings. The molecule has 1 aliphatic heterocycles. The fraction of sp³-hybridized carbons (Fsp3) is 0.385. The van der Waals surface area contributed by atoms with Crippen LogP contribution in [0.3, 0.4) is 0 Å². The quantitative estimate of drug-likeness (QED) is 0.453. The summed E-state index contributed by atoms with van der Waals surface area (Å²) in [6.45, 7) is 1.25. The predicted molar refractivity (Wildman–Crippen MR) is 76.6 cm³/mol. The van der Waals surface area contributed by atoms with Gasteiger partial charge in [-0.25, -0.2) is 5.48 Å².